The van der Waals surface area contributed by atoms with Crippen LogP contribution in [-0.2, 0) is 4.79 Å². The van der Waals surface area contributed by atoms with E-state index in [0.29, 0.717) is 6.42 Å². The van der Waals surface area contributed by atoms with Gasteiger partial charge in [0.15, 0.2) is 0 Å². The molecule has 0 saturated heterocycles. The van der Waals surface area contributed by atoms with Gasteiger partial charge in [-0.25, -0.2) is 0 Å². The fourth-order valence-electron chi connectivity index (χ4n) is 1.17. The highest BCUT2D eigenvalue weighted by molar-refractivity contribution is 5.57. The molecule has 0 saturated carbocycles. The molecule has 0 aliphatic heterocycles. The number of nitrogens with two attached hydrogens (primary N) is 1. The van der Waals surface area contributed by atoms with Gasteiger partial charge in [0.1, 0.15) is 6.29 Å². The number of carbonyl (C=O) groups is 1. The Morgan fingerprint density at radius 2 is 2.55 bits per heavy atom. The van der Waals surface area contributed by atoms with Crippen LogP contribution < -0.4 is 5.73 Å². The van der Waals surface area contributed by atoms with Crippen molar-refractivity contribution in [3.05, 3.63) is 23.8 Å². The number of carbonyl (C=O) groups excluding carboxylic acids is 1. The van der Waals surface area contributed by atoms with Crippen molar-refractivity contribution in [3.63, 3.8) is 0 Å². The molecular weight excluding hydrogens is 138 g/mol. The Morgan fingerprint density at radius 1 is 1.73 bits per heavy atom. The van der Waals surface area contributed by atoms with E-state index >= 15 is 0 Å². The number of hydrogen-bond donors (Lipinski definition) is 1. The van der Waals surface area contributed by atoms with Crippen molar-refractivity contribution >= 4 is 6.29 Å². The first-order valence-corrected chi connectivity index (χ1v) is 3.88. The molecule has 0 radical (unpaired) electrons. The van der Waals surface area contributed by atoms with Crippen LogP contribution in [0.4, 0.5) is 0 Å². The molecule has 0 heterocycles. The van der Waals surface area contributed by atoms with Gasteiger partial charge in [-0.3, -0.25) is 0 Å². The molecule has 1 aliphatic rings. The minimum atomic E-state index is -0.312. The van der Waals surface area contributed by atoms with Gasteiger partial charge < -0.3 is 10.5 Å². The maximum Gasteiger partial charge on any atom is 0.137 e. The van der Waals surface area contributed by atoms with Gasteiger partial charge in [0.2, 0.25) is 0 Å². The summed E-state index contributed by atoms with van der Waals surface area (Å²) in [7, 11) is 0. The van der Waals surface area contributed by atoms with Crippen molar-refractivity contribution in [2.24, 2.45) is 5.73 Å². The normalized spacial score (nSPS) is 19.2. The van der Waals surface area contributed by atoms with E-state index < -0.39 is 0 Å². The fraction of sp³-hybridized carbons (Fsp3) is 0.444. The van der Waals surface area contributed by atoms with E-state index in [1.807, 2.05) is 12.2 Å². The van der Waals surface area contributed by atoms with Gasteiger partial charge in [-0.15, -0.1) is 0 Å². The maximum atomic E-state index is 10.2. The monoisotopic (exact) mass is 151 g/mol. The van der Waals surface area contributed by atoms with Crippen molar-refractivity contribution < 1.29 is 4.79 Å². The Bertz CT molecular complexity index is 194. The van der Waals surface area contributed by atoms with E-state index in [-0.39, 0.29) is 6.04 Å². The second kappa shape index (κ2) is 4.09. The van der Waals surface area contributed by atoms with E-state index in [0.717, 1.165) is 19.1 Å². The summed E-state index contributed by atoms with van der Waals surface area (Å²) in [5, 5.41) is 0. The van der Waals surface area contributed by atoms with Crippen molar-refractivity contribution in [2.75, 3.05) is 0 Å². The molecule has 2 N–H and O–H groups in total. The smallest absolute Gasteiger partial charge is 0.137 e. The highest BCUT2D eigenvalue weighted by atomic mass is 16.1. The quantitative estimate of drug-likeness (QED) is 0.615. The predicted octanol–water partition coefficient (Wildman–Crippen LogP) is 1.18. The lowest BCUT2D eigenvalue weighted by atomic mass is 9.99. The standard InChI is InChI=1S/C9H13NO/c10-9(7-11)6-8-4-2-1-3-5-8/h1-2,4,7,9H,3,5-6,10H2. The van der Waals surface area contributed by atoms with E-state index in [9.17, 15) is 4.79 Å². The molecule has 0 amide bonds. The molecule has 0 fully saturated rings. The van der Waals surface area contributed by atoms with Crippen LogP contribution in [0.2, 0.25) is 0 Å². The molecule has 2 nitrogen and oxygen atoms in total. The van der Waals surface area contributed by atoms with Crippen molar-refractivity contribution in [1.82, 2.24) is 0 Å². The van der Waals surface area contributed by atoms with Crippen molar-refractivity contribution in [1.29, 1.82) is 0 Å². The topological polar surface area (TPSA) is 43.1 Å². The SMILES string of the molecule is NC(C=O)CC1=CC=CCC1. The molecule has 60 valence electrons. The third-order valence-corrected chi connectivity index (χ3v) is 1.77. The molecule has 1 atom stereocenters. The minimum absolute atomic E-state index is 0.312. The zero-order valence-electron chi connectivity index (χ0n) is 6.49. The number of rotatable bonds is 3. The molecule has 2 heteroatoms. The van der Waals surface area contributed by atoms with Crippen LogP contribution in [0.15, 0.2) is 23.8 Å². The molecule has 1 rings (SSSR count). The van der Waals surface area contributed by atoms with Crippen molar-refractivity contribution in [3.8, 4) is 0 Å². The fourth-order valence-corrected chi connectivity index (χ4v) is 1.17. The predicted molar refractivity (Wildman–Crippen MR) is 45.1 cm³/mol. The number of allylic oxidation sites excluding steroid dienone is 3. The summed E-state index contributed by atoms with van der Waals surface area (Å²) < 4.78 is 0. The van der Waals surface area contributed by atoms with Gasteiger partial charge >= 0.3 is 0 Å². The van der Waals surface area contributed by atoms with Gasteiger partial charge in [-0.1, -0.05) is 23.8 Å². The van der Waals surface area contributed by atoms with Crippen LogP contribution in [-0.4, -0.2) is 12.3 Å². The Labute approximate surface area is 66.8 Å². The Morgan fingerprint density at radius 3 is 3.09 bits per heavy atom. The number of hydrogen-bond acceptors (Lipinski definition) is 2. The summed E-state index contributed by atoms with van der Waals surface area (Å²) in [4.78, 5) is 10.2. The van der Waals surface area contributed by atoms with Crippen LogP contribution in [0.5, 0.6) is 0 Å². The lowest BCUT2D eigenvalue weighted by Crippen LogP contribution is -2.21. The zero-order valence-corrected chi connectivity index (χ0v) is 6.49. The van der Waals surface area contributed by atoms with Crippen LogP contribution in [0.3, 0.4) is 0 Å². The highest BCUT2D eigenvalue weighted by Crippen LogP contribution is 2.15. The molecule has 0 bridgehead atoms. The lowest BCUT2D eigenvalue weighted by Gasteiger charge is -2.09. The molecule has 1 aliphatic carbocycles. The van der Waals surface area contributed by atoms with Gasteiger partial charge in [0.25, 0.3) is 0 Å². The van der Waals surface area contributed by atoms with Crippen LogP contribution in [0.25, 0.3) is 0 Å². The Balaban J connectivity index is 2.41. The van der Waals surface area contributed by atoms with Gasteiger partial charge in [-0.2, -0.15) is 0 Å². The Hall–Kier alpha value is -0.890. The molecule has 0 spiro atoms. The van der Waals surface area contributed by atoms with E-state index in [4.69, 9.17) is 5.73 Å². The first-order chi connectivity index (χ1) is 5.33. The van der Waals surface area contributed by atoms with Crippen molar-refractivity contribution in [2.45, 2.75) is 25.3 Å². The van der Waals surface area contributed by atoms with E-state index in [2.05, 4.69) is 6.08 Å². The van der Waals surface area contributed by atoms with Gasteiger partial charge in [-0.05, 0) is 19.3 Å². The summed E-state index contributed by atoms with van der Waals surface area (Å²) in [6, 6.07) is -0.312. The van der Waals surface area contributed by atoms with E-state index in [1.54, 1.807) is 0 Å². The average molecular weight is 151 g/mol. The van der Waals surface area contributed by atoms with Crippen LogP contribution in [0.1, 0.15) is 19.3 Å². The maximum absolute atomic E-state index is 10.2. The summed E-state index contributed by atoms with van der Waals surface area (Å²) in [6.45, 7) is 0. The Kier molecular flexibility index (Phi) is 3.05. The number of aldehydes is 1. The second-order valence-electron chi connectivity index (χ2n) is 2.80. The summed E-state index contributed by atoms with van der Waals surface area (Å²) in [5.74, 6) is 0. The molecule has 11 heavy (non-hydrogen) atoms. The third-order valence-electron chi connectivity index (χ3n) is 1.77. The van der Waals surface area contributed by atoms with Gasteiger partial charge in [0.05, 0.1) is 6.04 Å². The lowest BCUT2D eigenvalue weighted by molar-refractivity contribution is -0.108. The molecular formula is C9H13NO. The molecule has 1 unspecified atom stereocenters. The summed E-state index contributed by atoms with van der Waals surface area (Å²) >= 11 is 0. The summed E-state index contributed by atoms with van der Waals surface area (Å²) in [5.41, 5.74) is 6.76. The van der Waals surface area contributed by atoms with Gasteiger partial charge in [0, 0.05) is 0 Å². The van der Waals surface area contributed by atoms with Crippen LogP contribution >= 0.6 is 0 Å². The molecule has 0 aromatic heterocycles. The van der Waals surface area contributed by atoms with Crippen LogP contribution in [0, 0.1) is 0 Å². The average Bonchev–Trinajstić information content (AvgIpc) is 2.06. The largest absolute Gasteiger partial charge is 0.321 e. The first-order valence-electron chi connectivity index (χ1n) is 3.88. The second-order valence-corrected chi connectivity index (χ2v) is 2.80. The summed E-state index contributed by atoms with van der Waals surface area (Å²) in [6.07, 6.45) is 9.85. The molecule has 0 aromatic carbocycles. The highest BCUT2D eigenvalue weighted by Gasteiger charge is 2.04. The minimum Gasteiger partial charge on any atom is -0.321 e. The zero-order chi connectivity index (χ0) is 8.10. The third kappa shape index (κ3) is 2.68. The first kappa shape index (κ1) is 8.21. The van der Waals surface area contributed by atoms with E-state index in [1.165, 1.54) is 5.57 Å². The molecule has 0 aromatic rings.